The van der Waals surface area contributed by atoms with Crippen LogP contribution in [0.4, 0.5) is 0 Å². The van der Waals surface area contributed by atoms with Crippen LogP contribution in [0.15, 0.2) is 0 Å². The topological polar surface area (TPSA) is 72.0 Å². The lowest BCUT2D eigenvalue weighted by Crippen LogP contribution is -2.35. The Morgan fingerprint density at radius 3 is 2.44 bits per heavy atom. The van der Waals surface area contributed by atoms with Gasteiger partial charge in [0.05, 0.1) is 11.4 Å². The first kappa shape index (κ1) is 12.8. The number of ketones is 1. The van der Waals surface area contributed by atoms with Gasteiger partial charge in [0.15, 0.2) is 11.5 Å². The molecule has 0 atom stereocenters. The third-order valence-corrected chi connectivity index (χ3v) is 2.74. The zero-order valence-electron chi connectivity index (χ0n) is 9.83. The minimum atomic E-state index is -0.442. The number of Topliss-reactive ketones (excluding diaryl/α,β-unsaturated/α-hetero) is 1. The van der Waals surface area contributed by atoms with E-state index < -0.39 is 5.41 Å². The Hall–Kier alpha value is -1.30. The van der Waals surface area contributed by atoms with Gasteiger partial charge in [-0.15, -0.1) is 5.10 Å². The van der Waals surface area contributed by atoms with E-state index >= 15 is 0 Å². The zero-order chi connectivity index (χ0) is 12.3. The summed E-state index contributed by atoms with van der Waals surface area (Å²) in [6, 6.07) is 0. The molecule has 0 aliphatic rings. The minimum absolute atomic E-state index is 0.0123. The molecule has 1 aromatic rings. The molecule has 1 amide bonds. The van der Waals surface area contributed by atoms with Crippen molar-refractivity contribution in [2.45, 2.75) is 27.7 Å². The molecule has 1 rings (SSSR count). The molecule has 0 aromatic carbocycles. The van der Waals surface area contributed by atoms with Crippen molar-refractivity contribution >= 4 is 23.2 Å². The van der Waals surface area contributed by atoms with E-state index in [1.54, 1.807) is 6.92 Å². The molecule has 0 radical (unpaired) electrons. The van der Waals surface area contributed by atoms with Gasteiger partial charge < -0.3 is 5.32 Å². The van der Waals surface area contributed by atoms with E-state index in [4.69, 9.17) is 0 Å². The van der Waals surface area contributed by atoms with Crippen LogP contribution in [0.25, 0.3) is 0 Å². The van der Waals surface area contributed by atoms with Gasteiger partial charge >= 0.3 is 0 Å². The number of amides is 1. The van der Waals surface area contributed by atoms with Gasteiger partial charge in [0.2, 0.25) is 0 Å². The van der Waals surface area contributed by atoms with Crippen LogP contribution < -0.4 is 5.32 Å². The fraction of sp³-hybridized carbons (Fsp3) is 0.600. The first-order valence-electron chi connectivity index (χ1n) is 4.93. The lowest BCUT2D eigenvalue weighted by Gasteiger charge is -2.16. The molecule has 16 heavy (non-hydrogen) atoms. The first-order chi connectivity index (χ1) is 7.32. The monoisotopic (exact) mass is 241 g/mol. The van der Waals surface area contributed by atoms with Crippen molar-refractivity contribution in [2.24, 2.45) is 5.41 Å². The summed E-state index contributed by atoms with van der Waals surface area (Å²) in [5.74, 6) is -0.356. The van der Waals surface area contributed by atoms with Crippen LogP contribution in [-0.4, -0.2) is 27.8 Å². The number of hydrogen-bond acceptors (Lipinski definition) is 5. The number of aryl methyl sites for hydroxylation is 1. The molecule has 5 nitrogen and oxygen atoms in total. The van der Waals surface area contributed by atoms with Gasteiger partial charge in [0, 0.05) is 5.41 Å². The lowest BCUT2D eigenvalue weighted by molar-refractivity contribution is -0.125. The number of aromatic nitrogens is 2. The fourth-order valence-corrected chi connectivity index (χ4v) is 1.42. The summed E-state index contributed by atoms with van der Waals surface area (Å²) in [6.45, 7) is 7.25. The number of rotatable bonds is 3. The van der Waals surface area contributed by atoms with Crippen LogP contribution in [0, 0.1) is 12.3 Å². The summed E-state index contributed by atoms with van der Waals surface area (Å²) in [5.41, 5.74) is -0.144. The molecule has 0 saturated heterocycles. The Labute approximate surface area is 98.4 Å². The molecule has 0 fully saturated rings. The van der Waals surface area contributed by atoms with Crippen LogP contribution >= 0.6 is 11.5 Å². The number of hydrogen-bond donors (Lipinski definition) is 1. The van der Waals surface area contributed by atoms with E-state index in [1.165, 1.54) is 11.5 Å². The summed E-state index contributed by atoms with van der Waals surface area (Å²) < 4.78 is 3.66. The molecular formula is C10H15N3O2S. The number of nitrogens with one attached hydrogen (secondary N) is 1. The second kappa shape index (κ2) is 4.69. The summed E-state index contributed by atoms with van der Waals surface area (Å²) in [7, 11) is 0. The Kier molecular flexibility index (Phi) is 3.74. The van der Waals surface area contributed by atoms with Crippen LogP contribution in [0.1, 0.15) is 36.1 Å². The van der Waals surface area contributed by atoms with E-state index in [0.29, 0.717) is 5.69 Å². The lowest BCUT2D eigenvalue weighted by atomic mass is 9.91. The SMILES string of the molecule is Cc1snnc1C(=O)NCC(=O)C(C)(C)C. The van der Waals surface area contributed by atoms with Crippen molar-refractivity contribution in [3.63, 3.8) is 0 Å². The predicted octanol–water partition coefficient (Wildman–Crippen LogP) is 1.19. The summed E-state index contributed by atoms with van der Waals surface area (Å²) in [5, 5.41) is 6.25. The quantitative estimate of drug-likeness (QED) is 0.862. The molecule has 0 unspecified atom stereocenters. The van der Waals surface area contributed by atoms with Gasteiger partial charge in [-0.05, 0) is 18.5 Å². The van der Waals surface area contributed by atoms with E-state index in [-0.39, 0.29) is 18.2 Å². The summed E-state index contributed by atoms with van der Waals surface area (Å²) >= 11 is 1.17. The average molecular weight is 241 g/mol. The second-order valence-corrected chi connectivity index (χ2v) is 5.49. The Morgan fingerprint density at radius 2 is 2.00 bits per heavy atom. The average Bonchev–Trinajstić information content (AvgIpc) is 2.58. The second-order valence-electron chi connectivity index (χ2n) is 4.53. The summed E-state index contributed by atoms with van der Waals surface area (Å²) in [4.78, 5) is 23.9. The number of carbonyl (C=O) groups excluding carboxylic acids is 2. The van der Waals surface area contributed by atoms with Crippen molar-refractivity contribution in [2.75, 3.05) is 6.54 Å². The van der Waals surface area contributed by atoms with Crippen molar-refractivity contribution in [1.29, 1.82) is 0 Å². The molecule has 88 valence electrons. The Balaban J connectivity index is 2.55. The number of carbonyl (C=O) groups is 2. The van der Waals surface area contributed by atoms with Gasteiger partial charge in [0.25, 0.3) is 5.91 Å². The van der Waals surface area contributed by atoms with Crippen molar-refractivity contribution in [1.82, 2.24) is 14.9 Å². The minimum Gasteiger partial charge on any atom is -0.344 e. The van der Waals surface area contributed by atoms with Gasteiger partial charge in [0.1, 0.15) is 0 Å². The normalized spacial score (nSPS) is 11.2. The van der Waals surface area contributed by atoms with E-state index in [9.17, 15) is 9.59 Å². The maximum atomic E-state index is 11.6. The maximum absolute atomic E-state index is 11.6. The smallest absolute Gasteiger partial charge is 0.273 e. The molecular weight excluding hydrogens is 226 g/mol. The highest BCUT2D eigenvalue weighted by Gasteiger charge is 2.22. The van der Waals surface area contributed by atoms with Gasteiger partial charge in [-0.1, -0.05) is 25.3 Å². The molecule has 0 saturated carbocycles. The van der Waals surface area contributed by atoms with E-state index in [2.05, 4.69) is 14.9 Å². The zero-order valence-corrected chi connectivity index (χ0v) is 10.6. The highest BCUT2D eigenvalue weighted by Crippen LogP contribution is 2.13. The maximum Gasteiger partial charge on any atom is 0.273 e. The molecule has 0 aliphatic carbocycles. The highest BCUT2D eigenvalue weighted by atomic mass is 32.1. The van der Waals surface area contributed by atoms with Crippen LogP contribution in [-0.2, 0) is 4.79 Å². The van der Waals surface area contributed by atoms with Gasteiger partial charge in [-0.2, -0.15) is 0 Å². The van der Waals surface area contributed by atoms with E-state index in [0.717, 1.165) is 4.88 Å². The third kappa shape index (κ3) is 3.10. The molecule has 0 aliphatic heterocycles. The Morgan fingerprint density at radius 1 is 1.38 bits per heavy atom. The van der Waals surface area contributed by atoms with Crippen LogP contribution in [0.2, 0.25) is 0 Å². The highest BCUT2D eigenvalue weighted by molar-refractivity contribution is 7.05. The van der Waals surface area contributed by atoms with Gasteiger partial charge in [-0.25, -0.2) is 0 Å². The van der Waals surface area contributed by atoms with Crippen LogP contribution in [0.3, 0.4) is 0 Å². The van der Waals surface area contributed by atoms with Crippen molar-refractivity contribution in [3.8, 4) is 0 Å². The van der Waals surface area contributed by atoms with E-state index in [1.807, 2.05) is 20.8 Å². The standard InChI is InChI=1S/C10H15N3O2S/c1-6-8(12-13-16-6)9(15)11-5-7(14)10(2,3)4/h5H2,1-4H3,(H,11,15). The molecule has 0 bridgehead atoms. The number of nitrogens with zero attached hydrogens (tertiary/aromatic N) is 2. The van der Waals surface area contributed by atoms with Gasteiger partial charge in [-0.3, -0.25) is 9.59 Å². The predicted molar refractivity (Wildman–Crippen MR) is 61.4 cm³/mol. The largest absolute Gasteiger partial charge is 0.344 e. The summed E-state index contributed by atoms with van der Waals surface area (Å²) in [6.07, 6.45) is 0. The van der Waals surface area contributed by atoms with Crippen LogP contribution in [0.5, 0.6) is 0 Å². The molecule has 1 heterocycles. The van der Waals surface area contributed by atoms with Crippen molar-refractivity contribution in [3.05, 3.63) is 10.6 Å². The molecule has 1 aromatic heterocycles. The molecule has 6 heteroatoms. The fourth-order valence-electron chi connectivity index (χ4n) is 0.951. The molecule has 1 N–H and O–H groups in total. The van der Waals surface area contributed by atoms with Crippen molar-refractivity contribution < 1.29 is 9.59 Å². The molecule has 0 spiro atoms. The third-order valence-electron chi connectivity index (χ3n) is 2.11. The first-order valence-corrected chi connectivity index (χ1v) is 5.70. The Bertz CT molecular complexity index is 406.